The Labute approximate surface area is 180 Å². The van der Waals surface area contributed by atoms with Crippen LogP contribution in [-0.4, -0.2) is 31.8 Å². The van der Waals surface area contributed by atoms with Gasteiger partial charge in [-0.25, -0.2) is 0 Å². The Morgan fingerprint density at radius 3 is 2.42 bits per heavy atom. The molecule has 0 N–H and O–H groups in total. The molecular formula is C25H23NO5. The van der Waals surface area contributed by atoms with E-state index < -0.39 is 6.10 Å². The van der Waals surface area contributed by atoms with E-state index in [1.807, 2.05) is 73.7 Å². The Hall–Kier alpha value is -3.67. The van der Waals surface area contributed by atoms with Gasteiger partial charge in [-0.05, 0) is 48.4 Å². The summed E-state index contributed by atoms with van der Waals surface area (Å²) in [6.45, 7) is 3.60. The first-order valence-corrected chi connectivity index (χ1v) is 10.3. The van der Waals surface area contributed by atoms with E-state index in [4.69, 9.17) is 18.9 Å². The van der Waals surface area contributed by atoms with Crippen LogP contribution in [0.1, 0.15) is 11.1 Å². The number of carbonyl (C=O) groups is 1. The summed E-state index contributed by atoms with van der Waals surface area (Å²) in [5.74, 6) is 2.51. The molecule has 1 atom stereocenters. The molecule has 0 spiro atoms. The largest absolute Gasteiger partial charge is 0.486 e. The predicted molar refractivity (Wildman–Crippen MR) is 116 cm³/mol. The Morgan fingerprint density at radius 1 is 0.871 bits per heavy atom. The van der Waals surface area contributed by atoms with Crippen LogP contribution in [0.3, 0.4) is 0 Å². The van der Waals surface area contributed by atoms with Crippen molar-refractivity contribution in [1.29, 1.82) is 0 Å². The highest BCUT2D eigenvalue weighted by Crippen LogP contribution is 2.34. The molecule has 0 fully saturated rings. The summed E-state index contributed by atoms with van der Waals surface area (Å²) < 4.78 is 23.1. The van der Waals surface area contributed by atoms with Crippen molar-refractivity contribution in [3.8, 4) is 23.0 Å². The summed E-state index contributed by atoms with van der Waals surface area (Å²) in [5.41, 5.74) is 2.79. The van der Waals surface area contributed by atoms with E-state index in [1.54, 1.807) is 4.90 Å². The number of aryl methyl sites for hydroxylation is 1. The van der Waals surface area contributed by atoms with Gasteiger partial charge >= 0.3 is 0 Å². The Balaban J connectivity index is 1.45. The summed E-state index contributed by atoms with van der Waals surface area (Å²) in [5, 5.41) is 0. The van der Waals surface area contributed by atoms with Crippen LogP contribution in [0.15, 0.2) is 66.7 Å². The maximum Gasteiger partial charge on any atom is 0.271 e. The minimum absolute atomic E-state index is 0.154. The molecule has 0 saturated heterocycles. The van der Waals surface area contributed by atoms with Gasteiger partial charge in [0.15, 0.2) is 23.0 Å². The fraction of sp³-hybridized carbons (Fsp3) is 0.240. The monoisotopic (exact) mass is 417 g/mol. The molecule has 2 aliphatic rings. The lowest BCUT2D eigenvalue weighted by Crippen LogP contribution is -2.46. The van der Waals surface area contributed by atoms with Crippen molar-refractivity contribution < 1.29 is 23.7 Å². The van der Waals surface area contributed by atoms with Gasteiger partial charge in [0.05, 0.1) is 6.54 Å². The number of ether oxygens (including phenoxy) is 4. The third kappa shape index (κ3) is 3.89. The molecule has 6 heteroatoms. The van der Waals surface area contributed by atoms with Crippen molar-refractivity contribution in [2.24, 2.45) is 0 Å². The van der Waals surface area contributed by atoms with Gasteiger partial charge in [-0.3, -0.25) is 4.79 Å². The Morgan fingerprint density at radius 2 is 1.58 bits per heavy atom. The lowest BCUT2D eigenvalue weighted by atomic mass is 10.1. The summed E-state index contributed by atoms with van der Waals surface area (Å²) in [4.78, 5) is 15.4. The van der Waals surface area contributed by atoms with Crippen LogP contribution in [0, 0.1) is 6.92 Å². The van der Waals surface area contributed by atoms with Crippen molar-refractivity contribution in [2.75, 3.05) is 24.7 Å². The molecule has 5 rings (SSSR count). The number of nitrogens with zero attached hydrogens (tertiary/aromatic N) is 1. The van der Waals surface area contributed by atoms with Crippen molar-refractivity contribution in [3.63, 3.8) is 0 Å². The maximum atomic E-state index is 13.6. The van der Waals surface area contributed by atoms with Gasteiger partial charge in [0.2, 0.25) is 6.10 Å². The number of rotatable bonds is 4. The van der Waals surface area contributed by atoms with Gasteiger partial charge in [-0.2, -0.15) is 0 Å². The molecule has 158 valence electrons. The molecule has 3 aromatic rings. The second-order valence-corrected chi connectivity index (χ2v) is 7.55. The number of benzene rings is 3. The molecule has 6 nitrogen and oxygen atoms in total. The molecule has 31 heavy (non-hydrogen) atoms. The Kier molecular flexibility index (Phi) is 5.12. The average molecular weight is 417 g/mol. The molecule has 2 aliphatic heterocycles. The molecule has 1 amide bonds. The van der Waals surface area contributed by atoms with Gasteiger partial charge in [0.1, 0.15) is 19.8 Å². The second kappa shape index (κ2) is 8.22. The number of fused-ring (bicyclic) bond motifs is 2. The predicted octanol–water partition coefficient (Wildman–Crippen LogP) is 4.14. The van der Waals surface area contributed by atoms with Crippen LogP contribution in [0.4, 0.5) is 5.69 Å². The third-order valence-electron chi connectivity index (χ3n) is 5.40. The summed E-state index contributed by atoms with van der Waals surface area (Å²) in [6.07, 6.45) is -0.730. The molecule has 0 radical (unpaired) electrons. The van der Waals surface area contributed by atoms with Crippen LogP contribution in [-0.2, 0) is 11.3 Å². The second-order valence-electron chi connectivity index (χ2n) is 7.55. The van der Waals surface area contributed by atoms with Gasteiger partial charge in [0.25, 0.3) is 5.91 Å². The number of amides is 1. The molecule has 0 aliphatic carbocycles. The van der Waals surface area contributed by atoms with Crippen molar-refractivity contribution in [2.45, 2.75) is 19.6 Å². The zero-order valence-electron chi connectivity index (χ0n) is 17.2. The van der Waals surface area contributed by atoms with Crippen LogP contribution < -0.4 is 23.8 Å². The smallest absolute Gasteiger partial charge is 0.271 e. The molecule has 0 unspecified atom stereocenters. The van der Waals surface area contributed by atoms with Gasteiger partial charge in [-0.1, -0.05) is 36.4 Å². The first-order chi connectivity index (χ1) is 15.2. The average Bonchev–Trinajstić information content (AvgIpc) is 2.82. The van der Waals surface area contributed by atoms with Gasteiger partial charge in [0, 0.05) is 5.69 Å². The minimum Gasteiger partial charge on any atom is -0.486 e. The van der Waals surface area contributed by atoms with Gasteiger partial charge in [-0.15, -0.1) is 0 Å². The lowest BCUT2D eigenvalue weighted by Gasteiger charge is -2.32. The third-order valence-corrected chi connectivity index (χ3v) is 5.40. The van der Waals surface area contributed by atoms with E-state index >= 15 is 0 Å². The van der Waals surface area contributed by atoms with E-state index in [9.17, 15) is 4.79 Å². The zero-order chi connectivity index (χ0) is 21.2. The molecule has 0 aromatic heterocycles. The normalized spacial score (nSPS) is 16.5. The number of carbonyl (C=O) groups excluding carboxylic acids is 1. The quantitative estimate of drug-likeness (QED) is 0.639. The van der Waals surface area contributed by atoms with E-state index in [0.717, 1.165) is 22.6 Å². The maximum absolute atomic E-state index is 13.6. The standard InChI is InChI=1S/C25H23NO5/c1-17-6-2-3-7-19(17)26(15-18-10-11-21-23(14-18)29-13-12-28-21)25(27)24-16-30-20-8-4-5-9-22(20)31-24/h2-11,14,24H,12-13,15-16H2,1H3/t24-/m1/s1. The van der Waals surface area contributed by atoms with Crippen LogP contribution >= 0.6 is 0 Å². The fourth-order valence-electron chi connectivity index (χ4n) is 3.83. The highest BCUT2D eigenvalue weighted by molar-refractivity contribution is 5.97. The van der Waals surface area contributed by atoms with Crippen molar-refractivity contribution >= 4 is 11.6 Å². The van der Waals surface area contributed by atoms with Crippen LogP contribution in [0.25, 0.3) is 0 Å². The summed E-state index contributed by atoms with van der Waals surface area (Å²) in [7, 11) is 0. The molecule has 2 heterocycles. The zero-order valence-corrected chi connectivity index (χ0v) is 17.2. The van der Waals surface area contributed by atoms with E-state index in [0.29, 0.717) is 37.0 Å². The van der Waals surface area contributed by atoms with Crippen molar-refractivity contribution in [3.05, 3.63) is 77.9 Å². The highest BCUT2D eigenvalue weighted by atomic mass is 16.6. The SMILES string of the molecule is Cc1ccccc1N(Cc1ccc2c(c1)OCCO2)C(=O)[C@H]1COc2ccccc2O1. The van der Waals surface area contributed by atoms with E-state index in [-0.39, 0.29) is 12.5 Å². The van der Waals surface area contributed by atoms with Crippen LogP contribution in [0.2, 0.25) is 0 Å². The highest BCUT2D eigenvalue weighted by Gasteiger charge is 2.32. The first-order valence-electron chi connectivity index (χ1n) is 10.3. The topological polar surface area (TPSA) is 57.2 Å². The summed E-state index contributed by atoms with van der Waals surface area (Å²) in [6, 6.07) is 21.0. The molecule has 3 aromatic carbocycles. The summed E-state index contributed by atoms with van der Waals surface area (Å²) >= 11 is 0. The van der Waals surface area contributed by atoms with E-state index in [2.05, 4.69) is 0 Å². The van der Waals surface area contributed by atoms with Gasteiger partial charge < -0.3 is 23.8 Å². The van der Waals surface area contributed by atoms with Crippen LogP contribution in [0.5, 0.6) is 23.0 Å². The lowest BCUT2D eigenvalue weighted by molar-refractivity contribution is -0.127. The Bertz CT molecular complexity index is 1110. The number of para-hydroxylation sites is 3. The first kappa shape index (κ1) is 19.3. The number of hydrogen-bond acceptors (Lipinski definition) is 5. The fourth-order valence-corrected chi connectivity index (χ4v) is 3.83. The molecule has 0 saturated carbocycles. The number of hydrogen-bond donors (Lipinski definition) is 0. The number of anilines is 1. The van der Waals surface area contributed by atoms with E-state index in [1.165, 1.54) is 0 Å². The minimum atomic E-state index is -0.730. The molecular weight excluding hydrogens is 394 g/mol. The molecule has 0 bridgehead atoms. The van der Waals surface area contributed by atoms with Crippen molar-refractivity contribution in [1.82, 2.24) is 0 Å².